The lowest BCUT2D eigenvalue weighted by Gasteiger charge is -2.18. The summed E-state index contributed by atoms with van der Waals surface area (Å²) in [4.78, 5) is 10.5. The SMILES string of the molecule is CC(C)(C)S(=O)(=O)CCCCCCCc1ccc(CCCC(=O)O)cc1. The van der Waals surface area contributed by atoms with Gasteiger partial charge in [0.15, 0.2) is 9.84 Å². The van der Waals surface area contributed by atoms with Gasteiger partial charge in [-0.15, -0.1) is 0 Å². The number of unbranched alkanes of at least 4 members (excludes halogenated alkanes) is 4. The first-order valence-corrected chi connectivity index (χ1v) is 11.3. The number of hydrogen-bond acceptors (Lipinski definition) is 3. The van der Waals surface area contributed by atoms with Gasteiger partial charge in [0.25, 0.3) is 0 Å². The minimum absolute atomic E-state index is 0.221. The molecule has 0 aromatic heterocycles. The second-order valence-corrected chi connectivity index (χ2v) is 10.9. The third-order valence-corrected chi connectivity index (χ3v) is 7.38. The Balaban J connectivity index is 2.15. The molecule has 0 amide bonds. The number of carbonyl (C=O) groups is 1. The fourth-order valence-electron chi connectivity index (χ4n) is 2.77. The average molecular weight is 383 g/mol. The first-order chi connectivity index (χ1) is 12.1. The van der Waals surface area contributed by atoms with Crippen LogP contribution < -0.4 is 0 Å². The summed E-state index contributed by atoms with van der Waals surface area (Å²) in [7, 11) is -2.98. The maximum absolute atomic E-state index is 12.0. The molecule has 4 nitrogen and oxygen atoms in total. The molecule has 0 saturated carbocycles. The van der Waals surface area contributed by atoms with Crippen molar-refractivity contribution in [3.63, 3.8) is 0 Å². The average Bonchev–Trinajstić information content (AvgIpc) is 2.54. The number of aryl methyl sites for hydroxylation is 2. The van der Waals surface area contributed by atoms with E-state index in [9.17, 15) is 13.2 Å². The Morgan fingerprint density at radius 2 is 1.31 bits per heavy atom. The van der Waals surface area contributed by atoms with Gasteiger partial charge in [-0.1, -0.05) is 43.5 Å². The van der Waals surface area contributed by atoms with Crippen LogP contribution in [-0.2, 0) is 27.5 Å². The predicted molar refractivity (Wildman–Crippen MR) is 107 cm³/mol. The summed E-state index contributed by atoms with van der Waals surface area (Å²) in [5.41, 5.74) is 2.50. The van der Waals surface area contributed by atoms with Gasteiger partial charge in [-0.2, -0.15) is 0 Å². The summed E-state index contributed by atoms with van der Waals surface area (Å²) in [5, 5.41) is 8.66. The van der Waals surface area contributed by atoms with Crippen LogP contribution in [0.1, 0.15) is 76.8 Å². The van der Waals surface area contributed by atoms with E-state index in [0.717, 1.165) is 44.9 Å². The molecule has 26 heavy (non-hydrogen) atoms. The molecule has 0 fully saturated rings. The lowest BCUT2D eigenvalue weighted by Crippen LogP contribution is -2.30. The van der Waals surface area contributed by atoms with E-state index in [1.54, 1.807) is 20.8 Å². The molecular formula is C21H34O4S. The van der Waals surface area contributed by atoms with Crippen molar-refractivity contribution in [3.8, 4) is 0 Å². The molecule has 0 aliphatic rings. The number of carboxylic acids is 1. The van der Waals surface area contributed by atoms with Crippen LogP contribution in [0.3, 0.4) is 0 Å². The van der Waals surface area contributed by atoms with Gasteiger partial charge >= 0.3 is 5.97 Å². The molecule has 0 unspecified atom stereocenters. The molecule has 0 aliphatic heterocycles. The second kappa shape index (κ2) is 10.7. The standard InChI is InChI=1S/C21H34O4S/c1-21(2,3)26(24,25)17-8-6-4-5-7-10-18-13-15-19(16-14-18)11-9-12-20(22)23/h13-16H,4-12,17H2,1-3H3,(H,22,23). The lowest BCUT2D eigenvalue weighted by molar-refractivity contribution is -0.137. The van der Waals surface area contributed by atoms with Crippen LogP contribution in [0.2, 0.25) is 0 Å². The Kier molecular flexibility index (Phi) is 9.34. The number of rotatable bonds is 12. The molecule has 0 heterocycles. The van der Waals surface area contributed by atoms with Gasteiger partial charge in [0.05, 0.1) is 10.5 Å². The zero-order chi connectivity index (χ0) is 19.6. The monoisotopic (exact) mass is 382 g/mol. The van der Waals surface area contributed by atoms with Crippen molar-refractivity contribution < 1.29 is 18.3 Å². The molecule has 1 aromatic rings. The number of sulfone groups is 1. The summed E-state index contributed by atoms with van der Waals surface area (Å²) in [6.07, 6.45) is 7.79. The number of hydrogen-bond donors (Lipinski definition) is 1. The van der Waals surface area contributed by atoms with Crippen LogP contribution in [0, 0.1) is 0 Å². The summed E-state index contributed by atoms with van der Waals surface area (Å²) >= 11 is 0. The Bertz CT molecular complexity index is 640. The molecule has 148 valence electrons. The van der Waals surface area contributed by atoms with Crippen LogP contribution in [0.25, 0.3) is 0 Å². The zero-order valence-corrected chi connectivity index (χ0v) is 17.3. The van der Waals surface area contributed by atoms with Crippen molar-refractivity contribution in [2.45, 2.75) is 83.3 Å². The lowest BCUT2D eigenvalue weighted by atomic mass is 10.0. The maximum Gasteiger partial charge on any atom is 0.303 e. The van der Waals surface area contributed by atoms with Crippen LogP contribution in [0.15, 0.2) is 24.3 Å². The number of benzene rings is 1. The molecule has 0 saturated heterocycles. The Morgan fingerprint density at radius 3 is 1.81 bits per heavy atom. The highest BCUT2D eigenvalue weighted by Crippen LogP contribution is 2.18. The Hall–Kier alpha value is -1.36. The van der Waals surface area contributed by atoms with Crippen molar-refractivity contribution in [2.24, 2.45) is 0 Å². The van der Waals surface area contributed by atoms with Gasteiger partial charge in [0, 0.05) is 6.42 Å². The first kappa shape index (κ1) is 22.7. The Morgan fingerprint density at radius 1 is 0.846 bits per heavy atom. The topological polar surface area (TPSA) is 71.4 Å². The minimum Gasteiger partial charge on any atom is -0.481 e. The van der Waals surface area contributed by atoms with E-state index in [-0.39, 0.29) is 6.42 Å². The molecule has 1 N–H and O–H groups in total. The van der Waals surface area contributed by atoms with Crippen LogP contribution in [-0.4, -0.2) is 30.0 Å². The third kappa shape index (κ3) is 8.84. The van der Waals surface area contributed by atoms with E-state index in [1.807, 2.05) is 0 Å². The van der Waals surface area contributed by atoms with Gasteiger partial charge < -0.3 is 5.11 Å². The molecule has 1 aromatic carbocycles. The summed E-state index contributed by atoms with van der Waals surface area (Å²) < 4.78 is 23.4. The van der Waals surface area contributed by atoms with Gasteiger partial charge in [0.2, 0.25) is 0 Å². The second-order valence-electron chi connectivity index (χ2n) is 8.01. The van der Waals surface area contributed by atoms with Crippen LogP contribution in [0.4, 0.5) is 0 Å². The third-order valence-electron chi connectivity index (χ3n) is 4.69. The first-order valence-electron chi connectivity index (χ1n) is 9.64. The molecule has 5 heteroatoms. The van der Waals surface area contributed by atoms with Crippen molar-refractivity contribution in [1.82, 2.24) is 0 Å². The normalized spacial score (nSPS) is 12.3. The summed E-state index contributed by atoms with van der Waals surface area (Å²) in [5.74, 6) is -0.447. The highest BCUT2D eigenvalue weighted by molar-refractivity contribution is 7.92. The highest BCUT2D eigenvalue weighted by atomic mass is 32.2. The summed E-state index contributed by atoms with van der Waals surface area (Å²) in [6.45, 7) is 5.29. The molecule has 0 radical (unpaired) electrons. The van der Waals surface area contributed by atoms with E-state index >= 15 is 0 Å². The van der Waals surface area contributed by atoms with Crippen molar-refractivity contribution in [3.05, 3.63) is 35.4 Å². The van der Waals surface area contributed by atoms with Gasteiger partial charge in [-0.25, -0.2) is 8.42 Å². The van der Waals surface area contributed by atoms with Crippen molar-refractivity contribution in [2.75, 3.05) is 5.75 Å². The van der Waals surface area contributed by atoms with Gasteiger partial charge in [-0.05, 0) is 64.0 Å². The van der Waals surface area contributed by atoms with Gasteiger partial charge in [-0.3, -0.25) is 4.79 Å². The largest absolute Gasteiger partial charge is 0.481 e. The van der Waals surface area contributed by atoms with Gasteiger partial charge in [0.1, 0.15) is 0 Å². The Labute approximate surface area is 158 Å². The van der Waals surface area contributed by atoms with Crippen molar-refractivity contribution >= 4 is 15.8 Å². The molecule has 0 aliphatic carbocycles. The predicted octanol–water partition coefficient (Wildman–Crippen LogP) is 4.80. The van der Waals surface area contributed by atoms with E-state index in [4.69, 9.17) is 5.11 Å². The van der Waals surface area contributed by atoms with Crippen LogP contribution in [0.5, 0.6) is 0 Å². The molecule has 0 spiro atoms. The highest BCUT2D eigenvalue weighted by Gasteiger charge is 2.27. The van der Waals surface area contributed by atoms with E-state index in [2.05, 4.69) is 24.3 Å². The maximum atomic E-state index is 12.0. The van der Waals surface area contributed by atoms with E-state index < -0.39 is 20.6 Å². The van der Waals surface area contributed by atoms with Crippen molar-refractivity contribution in [1.29, 1.82) is 0 Å². The fraction of sp³-hybridized carbons (Fsp3) is 0.667. The van der Waals surface area contributed by atoms with Crippen LogP contribution >= 0.6 is 0 Å². The number of carboxylic acid groups (broad SMARTS) is 1. The minimum atomic E-state index is -2.98. The fourth-order valence-corrected chi connectivity index (χ4v) is 3.97. The smallest absolute Gasteiger partial charge is 0.303 e. The molecule has 1 rings (SSSR count). The van der Waals surface area contributed by atoms with E-state index in [0.29, 0.717) is 12.2 Å². The molecule has 0 bridgehead atoms. The quantitative estimate of drug-likeness (QED) is 0.527. The molecule has 0 atom stereocenters. The van der Waals surface area contributed by atoms with E-state index in [1.165, 1.54) is 11.1 Å². The zero-order valence-electron chi connectivity index (χ0n) is 16.5. The number of aliphatic carboxylic acids is 1. The molecular weight excluding hydrogens is 348 g/mol. The summed E-state index contributed by atoms with van der Waals surface area (Å²) in [6, 6.07) is 8.45.